The standard InChI is InChI=1S/C15H22BrN3O2/c1-4-7-17-14(20)9-19(3)10-15(21)18-12-6-5-11(2)13(16)8-12/h5-6,8H,4,7,9-10H2,1-3H3,(H,17,20)(H,18,21)/p+1. The number of amides is 2. The zero-order chi connectivity index (χ0) is 15.8. The molecule has 0 spiro atoms. The molecule has 2 amide bonds. The van der Waals surface area contributed by atoms with Crippen LogP contribution in [-0.2, 0) is 9.59 Å². The lowest BCUT2D eigenvalue weighted by Crippen LogP contribution is -3.11. The summed E-state index contributed by atoms with van der Waals surface area (Å²) in [6.07, 6.45) is 0.910. The number of rotatable bonds is 7. The molecule has 3 N–H and O–H groups in total. The first kappa shape index (κ1) is 17.7. The molecule has 1 aromatic rings. The van der Waals surface area contributed by atoms with Crippen LogP contribution < -0.4 is 15.5 Å². The number of carbonyl (C=O) groups excluding carboxylic acids is 2. The van der Waals surface area contributed by atoms with Gasteiger partial charge in [-0.1, -0.05) is 28.9 Å². The second-order valence-electron chi connectivity index (χ2n) is 5.17. The summed E-state index contributed by atoms with van der Waals surface area (Å²) < 4.78 is 0.958. The first-order valence-electron chi connectivity index (χ1n) is 7.06. The van der Waals surface area contributed by atoms with Gasteiger partial charge in [0.1, 0.15) is 0 Å². The molecule has 0 saturated carbocycles. The van der Waals surface area contributed by atoms with Gasteiger partial charge in [-0.3, -0.25) is 9.59 Å². The van der Waals surface area contributed by atoms with Crippen molar-refractivity contribution in [3.63, 3.8) is 0 Å². The Kier molecular flexibility index (Phi) is 7.39. The van der Waals surface area contributed by atoms with Crippen molar-refractivity contribution in [2.24, 2.45) is 0 Å². The highest BCUT2D eigenvalue weighted by Crippen LogP contribution is 2.20. The molecule has 5 nitrogen and oxygen atoms in total. The van der Waals surface area contributed by atoms with Crippen molar-refractivity contribution in [1.82, 2.24) is 5.32 Å². The van der Waals surface area contributed by atoms with E-state index in [1.165, 1.54) is 0 Å². The topological polar surface area (TPSA) is 62.6 Å². The molecule has 1 rings (SSSR count). The van der Waals surface area contributed by atoms with Crippen LogP contribution in [0.4, 0.5) is 5.69 Å². The number of aryl methyl sites for hydroxylation is 1. The average molecular weight is 357 g/mol. The summed E-state index contributed by atoms with van der Waals surface area (Å²) in [4.78, 5) is 24.4. The second kappa shape index (κ2) is 8.79. The van der Waals surface area contributed by atoms with Crippen molar-refractivity contribution in [3.8, 4) is 0 Å². The zero-order valence-corrected chi connectivity index (χ0v) is 14.3. The van der Waals surface area contributed by atoms with Crippen molar-refractivity contribution in [3.05, 3.63) is 28.2 Å². The monoisotopic (exact) mass is 356 g/mol. The molecule has 0 bridgehead atoms. The highest BCUT2D eigenvalue weighted by molar-refractivity contribution is 9.10. The molecule has 116 valence electrons. The minimum Gasteiger partial charge on any atom is -0.351 e. The van der Waals surface area contributed by atoms with Crippen LogP contribution in [0.3, 0.4) is 0 Å². The molecule has 0 radical (unpaired) electrons. The van der Waals surface area contributed by atoms with Gasteiger partial charge in [-0.05, 0) is 31.0 Å². The van der Waals surface area contributed by atoms with Gasteiger partial charge in [0.05, 0.1) is 7.05 Å². The third-order valence-electron chi connectivity index (χ3n) is 2.95. The highest BCUT2D eigenvalue weighted by atomic mass is 79.9. The average Bonchev–Trinajstić information content (AvgIpc) is 2.40. The summed E-state index contributed by atoms with van der Waals surface area (Å²) in [7, 11) is 1.83. The van der Waals surface area contributed by atoms with E-state index >= 15 is 0 Å². The van der Waals surface area contributed by atoms with Crippen LogP contribution >= 0.6 is 15.9 Å². The summed E-state index contributed by atoms with van der Waals surface area (Å²) in [5.41, 5.74) is 1.86. The van der Waals surface area contributed by atoms with Crippen LogP contribution in [0.25, 0.3) is 0 Å². The number of quaternary nitrogens is 1. The molecule has 1 aromatic carbocycles. The van der Waals surface area contributed by atoms with E-state index < -0.39 is 0 Å². The van der Waals surface area contributed by atoms with Gasteiger partial charge in [0.2, 0.25) is 0 Å². The maximum absolute atomic E-state index is 11.9. The molecule has 0 aliphatic heterocycles. The number of hydrogen-bond donors (Lipinski definition) is 3. The van der Waals surface area contributed by atoms with Crippen LogP contribution in [0.2, 0.25) is 0 Å². The lowest BCUT2D eigenvalue weighted by Gasteiger charge is -2.14. The lowest BCUT2D eigenvalue weighted by molar-refractivity contribution is -0.862. The van der Waals surface area contributed by atoms with Crippen molar-refractivity contribution in [2.45, 2.75) is 20.3 Å². The Morgan fingerprint density at radius 3 is 2.52 bits per heavy atom. The van der Waals surface area contributed by atoms with E-state index in [0.717, 1.165) is 27.0 Å². The van der Waals surface area contributed by atoms with Gasteiger partial charge in [-0.25, -0.2) is 0 Å². The Labute approximate surface area is 134 Å². The van der Waals surface area contributed by atoms with E-state index in [4.69, 9.17) is 0 Å². The van der Waals surface area contributed by atoms with Crippen molar-refractivity contribution < 1.29 is 14.5 Å². The number of benzene rings is 1. The second-order valence-corrected chi connectivity index (χ2v) is 6.03. The first-order chi connectivity index (χ1) is 9.92. The molecule has 1 atom stereocenters. The van der Waals surface area contributed by atoms with Crippen LogP contribution in [0.15, 0.2) is 22.7 Å². The Bertz CT molecular complexity index is 506. The molecule has 0 aromatic heterocycles. The Morgan fingerprint density at radius 1 is 1.24 bits per heavy atom. The summed E-state index contributed by atoms with van der Waals surface area (Å²) >= 11 is 3.43. The smallest absolute Gasteiger partial charge is 0.279 e. The number of carbonyl (C=O) groups is 2. The molecular weight excluding hydrogens is 334 g/mol. The Balaban J connectivity index is 2.42. The third-order valence-corrected chi connectivity index (χ3v) is 3.81. The fourth-order valence-electron chi connectivity index (χ4n) is 1.81. The van der Waals surface area contributed by atoms with Gasteiger partial charge >= 0.3 is 0 Å². The molecule has 0 aliphatic rings. The number of anilines is 1. The Hall–Kier alpha value is -1.40. The van der Waals surface area contributed by atoms with Crippen molar-refractivity contribution in [1.29, 1.82) is 0 Å². The molecule has 21 heavy (non-hydrogen) atoms. The molecule has 0 heterocycles. The molecular formula is C15H23BrN3O2+. The number of hydrogen-bond acceptors (Lipinski definition) is 2. The predicted octanol–water partition coefficient (Wildman–Crippen LogP) is 0.737. The molecule has 0 saturated heterocycles. The molecule has 0 fully saturated rings. The van der Waals surface area contributed by atoms with Gasteiger partial charge in [-0.15, -0.1) is 0 Å². The fourth-order valence-corrected chi connectivity index (χ4v) is 2.19. The highest BCUT2D eigenvalue weighted by Gasteiger charge is 2.14. The third kappa shape index (κ3) is 6.73. The largest absolute Gasteiger partial charge is 0.351 e. The van der Waals surface area contributed by atoms with Crippen molar-refractivity contribution in [2.75, 3.05) is 32.0 Å². The van der Waals surface area contributed by atoms with E-state index in [-0.39, 0.29) is 18.4 Å². The quantitative estimate of drug-likeness (QED) is 0.674. The van der Waals surface area contributed by atoms with Crippen LogP contribution in [0, 0.1) is 6.92 Å². The molecule has 6 heteroatoms. The SMILES string of the molecule is CCCNC(=O)C[NH+](C)CC(=O)Nc1ccc(C)c(Br)c1. The summed E-state index contributed by atoms with van der Waals surface area (Å²) in [5.74, 6) is -0.133. The molecule has 0 aliphatic carbocycles. The van der Waals surface area contributed by atoms with Crippen LogP contribution in [-0.4, -0.2) is 38.5 Å². The summed E-state index contributed by atoms with van der Waals surface area (Å²) in [6.45, 7) is 5.22. The predicted molar refractivity (Wildman–Crippen MR) is 87.4 cm³/mol. The van der Waals surface area contributed by atoms with E-state index in [1.54, 1.807) is 0 Å². The fraction of sp³-hybridized carbons (Fsp3) is 0.467. The minimum atomic E-state index is -0.105. The van der Waals surface area contributed by atoms with Crippen LogP contribution in [0.5, 0.6) is 0 Å². The maximum atomic E-state index is 11.9. The molecule has 1 unspecified atom stereocenters. The normalized spacial score (nSPS) is 11.8. The van der Waals surface area contributed by atoms with Crippen LogP contribution in [0.1, 0.15) is 18.9 Å². The lowest BCUT2D eigenvalue weighted by atomic mass is 10.2. The zero-order valence-electron chi connectivity index (χ0n) is 12.8. The van der Waals surface area contributed by atoms with Gasteiger partial charge in [-0.2, -0.15) is 0 Å². The number of likely N-dealkylation sites (N-methyl/N-ethyl adjacent to an activating group) is 1. The first-order valence-corrected chi connectivity index (χ1v) is 7.85. The van der Waals surface area contributed by atoms with Gasteiger partial charge in [0.15, 0.2) is 13.1 Å². The van der Waals surface area contributed by atoms with Gasteiger partial charge in [0.25, 0.3) is 11.8 Å². The van der Waals surface area contributed by atoms with Gasteiger partial charge < -0.3 is 15.5 Å². The van der Waals surface area contributed by atoms with E-state index in [1.807, 2.05) is 39.1 Å². The van der Waals surface area contributed by atoms with Gasteiger partial charge in [0, 0.05) is 16.7 Å². The number of halogens is 1. The van der Waals surface area contributed by atoms with E-state index in [2.05, 4.69) is 26.6 Å². The Morgan fingerprint density at radius 2 is 1.90 bits per heavy atom. The maximum Gasteiger partial charge on any atom is 0.279 e. The van der Waals surface area contributed by atoms with E-state index in [9.17, 15) is 9.59 Å². The van der Waals surface area contributed by atoms with Crippen molar-refractivity contribution >= 4 is 33.4 Å². The summed E-state index contributed by atoms with van der Waals surface area (Å²) in [6, 6.07) is 5.67. The minimum absolute atomic E-state index is 0.0276. The number of nitrogens with one attached hydrogen (secondary N) is 3. The van der Waals surface area contributed by atoms with E-state index in [0.29, 0.717) is 13.1 Å². The summed E-state index contributed by atoms with van der Waals surface area (Å²) in [5, 5.41) is 5.64.